The zero-order chi connectivity index (χ0) is 14.4. The highest BCUT2D eigenvalue weighted by Crippen LogP contribution is 2.14. The summed E-state index contributed by atoms with van der Waals surface area (Å²) in [5, 5.41) is 2.71. The smallest absolute Gasteiger partial charge is 0.387 e. The number of nitrogens with one attached hydrogen (secondary N) is 1. The Balaban J connectivity index is 1.89. The van der Waals surface area contributed by atoms with Gasteiger partial charge in [0.15, 0.2) is 0 Å². The molecule has 0 spiro atoms. The molecule has 0 radical (unpaired) electrons. The van der Waals surface area contributed by atoms with Crippen molar-refractivity contribution < 1.29 is 18.3 Å². The monoisotopic (exact) mass is 278 g/mol. The van der Waals surface area contributed by atoms with Crippen LogP contribution in [0.1, 0.15) is 15.9 Å². The third-order valence-corrected chi connectivity index (χ3v) is 2.53. The summed E-state index contributed by atoms with van der Waals surface area (Å²) in [6.45, 7) is -2.55. The summed E-state index contributed by atoms with van der Waals surface area (Å²) in [4.78, 5) is 15.6. The molecule has 2 aromatic rings. The van der Waals surface area contributed by atoms with Gasteiger partial charge in [-0.1, -0.05) is 12.1 Å². The Bertz CT molecular complexity index is 559. The first-order valence-corrected chi connectivity index (χ1v) is 5.87. The number of benzene rings is 1. The Morgan fingerprint density at radius 1 is 1.25 bits per heavy atom. The van der Waals surface area contributed by atoms with Gasteiger partial charge in [0.05, 0.1) is 5.56 Å². The third-order valence-electron chi connectivity index (χ3n) is 2.53. The van der Waals surface area contributed by atoms with Gasteiger partial charge in [0, 0.05) is 18.9 Å². The minimum atomic E-state index is -2.84. The van der Waals surface area contributed by atoms with Crippen molar-refractivity contribution in [3.05, 3.63) is 59.9 Å². The lowest BCUT2D eigenvalue weighted by Gasteiger charge is -2.07. The second kappa shape index (κ2) is 6.60. The molecule has 1 aromatic heterocycles. The van der Waals surface area contributed by atoms with E-state index in [1.54, 1.807) is 30.5 Å². The van der Waals surface area contributed by atoms with Crippen molar-refractivity contribution in [1.82, 2.24) is 10.3 Å². The van der Waals surface area contributed by atoms with Gasteiger partial charge in [-0.3, -0.25) is 9.78 Å². The van der Waals surface area contributed by atoms with Crippen molar-refractivity contribution >= 4 is 5.91 Å². The van der Waals surface area contributed by atoms with Crippen LogP contribution >= 0.6 is 0 Å². The summed E-state index contributed by atoms with van der Waals surface area (Å²) in [7, 11) is 0. The molecule has 1 amide bonds. The second-order valence-electron chi connectivity index (χ2n) is 3.95. The van der Waals surface area contributed by atoms with Crippen molar-refractivity contribution in [2.24, 2.45) is 0 Å². The van der Waals surface area contributed by atoms with Gasteiger partial charge < -0.3 is 10.1 Å². The molecule has 0 aliphatic heterocycles. The van der Waals surface area contributed by atoms with Crippen LogP contribution in [-0.4, -0.2) is 17.5 Å². The summed E-state index contributed by atoms with van der Waals surface area (Å²) in [5.74, 6) is -0.159. The summed E-state index contributed by atoms with van der Waals surface area (Å²) in [5.41, 5.74) is 1.24. The molecule has 0 aliphatic rings. The molecule has 0 fully saturated rings. The number of hydrogen-bond donors (Lipinski definition) is 1. The lowest BCUT2D eigenvalue weighted by atomic mass is 10.2. The Kier molecular flexibility index (Phi) is 4.60. The average molecular weight is 278 g/mol. The maximum atomic E-state index is 12.0. The highest BCUT2D eigenvalue weighted by molar-refractivity contribution is 5.93. The summed E-state index contributed by atoms with van der Waals surface area (Å²) in [6, 6.07) is 9.41. The van der Waals surface area contributed by atoms with E-state index in [2.05, 4.69) is 15.0 Å². The SMILES string of the molecule is O=C(NCc1ccc(OC(F)F)cc1)c1cccnc1. The fourth-order valence-corrected chi connectivity index (χ4v) is 1.57. The van der Waals surface area contributed by atoms with E-state index < -0.39 is 6.61 Å². The number of pyridine rings is 1. The number of ether oxygens (including phenoxy) is 1. The molecular formula is C14H12F2N2O2. The predicted molar refractivity (Wildman–Crippen MR) is 68.5 cm³/mol. The molecule has 6 heteroatoms. The van der Waals surface area contributed by atoms with Crippen molar-refractivity contribution in [1.29, 1.82) is 0 Å². The molecule has 1 heterocycles. The quantitative estimate of drug-likeness (QED) is 0.914. The van der Waals surface area contributed by atoms with Gasteiger partial charge in [0.1, 0.15) is 5.75 Å². The fraction of sp³-hybridized carbons (Fsp3) is 0.143. The lowest BCUT2D eigenvalue weighted by Crippen LogP contribution is -2.22. The zero-order valence-corrected chi connectivity index (χ0v) is 10.4. The molecule has 0 atom stereocenters. The topological polar surface area (TPSA) is 51.2 Å². The van der Waals surface area contributed by atoms with Crippen molar-refractivity contribution in [3.8, 4) is 5.75 Å². The number of nitrogens with zero attached hydrogens (tertiary/aromatic N) is 1. The van der Waals surface area contributed by atoms with Crippen LogP contribution in [0.25, 0.3) is 0 Å². The van der Waals surface area contributed by atoms with Gasteiger partial charge in [-0.25, -0.2) is 0 Å². The molecule has 1 N–H and O–H groups in total. The van der Waals surface area contributed by atoms with E-state index in [4.69, 9.17) is 0 Å². The van der Waals surface area contributed by atoms with Gasteiger partial charge >= 0.3 is 6.61 Å². The number of amides is 1. The molecule has 104 valence electrons. The van der Waals surface area contributed by atoms with Crippen LogP contribution < -0.4 is 10.1 Å². The molecule has 1 aromatic carbocycles. The number of halogens is 2. The number of carbonyl (C=O) groups excluding carboxylic acids is 1. The zero-order valence-electron chi connectivity index (χ0n) is 10.4. The minimum Gasteiger partial charge on any atom is -0.435 e. The number of aromatic nitrogens is 1. The largest absolute Gasteiger partial charge is 0.435 e. The molecule has 0 bridgehead atoms. The standard InChI is InChI=1S/C14H12F2N2O2/c15-14(16)20-12-5-3-10(4-6-12)8-18-13(19)11-2-1-7-17-9-11/h1-7,9,14H,8H2,(H,18,19). The first-order valence-electron chi connectivity index (χ1n) is 5.87. The molecule has 2 rings (SSSR count). The summed E-state index contributed by atoms with van der Waals surface area (Å²) >= 11 is 0. The van der Waals surface area contributed by atoms with E-state index in [0.29, 0.717) is 12.1 Å². The van der Waals surface area contributed by atoms with E-state index in [1.165, 1.54) is 18.3 Å². The average Bonchev–Trinajstić information content (AvgIpc) is 2.46. The van der Waals surface area contributed by atoms with Gasteiger partial charge in [-0.2, -0.15) is 8.78 Å². The number of carbonyl (C=O) groups is 1. The molecule has 0 saturated heterocycles. The Morgan fingerprint density at radius 2 is 2.00 bits per heavy atom. The second-order valence-corrected chi connectivity index (χ2v) is 3.95. The van der Waals surface area contributed by atoms with Crippen LogP contribution in [0.2, 0.25) is 0 Å². The molecule has 4 nitrogen and oxygen atoms in total. The van der Waals surface area contributed by atoms with Gasteiger partial charge in [0.25, 0.3) is 5.91 Å². The predicted octanol–water partition coefficient (Wildman–Crippen LogP) is 2.61. The van der Waals surface area contributed by atoms with E-state index in [1.807, 2.05) is 0 Å². The van der Waals surface area contributed by atoms with E-state index >= 15 is 0 Å². The Hall–Kier alpha value is -2.50. The number of rotatable bonds is 5. The van der Waals surface area contributed by atoms with Crippen LogP contribution in [0, 0.1) is 0 Å². The fourth-order valence-electron chi connectivity index (χ4n) is 1.57. The molecule has 0 unspecified atom stereocenters. The first-order chi connectivity index (χ1) is 9.65. The molecule has 0 saturated carbocycles. The van der Waals surface area contributed by atoms with Crippen LogP contribution in [0.4, 0.5) is 8.78 Å². The lowest BCUT2D eigenvalue weighted by molar-refractivity contribution is -0.0498. The Morgan fingerprint density at radius 3 is 2.60 bits per heavy atom. The van der Waals surface area contributed by atoms with Crippen LogP contribution in [0.15, 0.2) is 48.8 Å². The number of hydrogen-bond acceptors (Lipinski definition) is 3. The van der Waals surface area contributed by atoms with Gasteiger partial charge in [-0.05, 0) is 29.8 Å². The van der Waals surface area contributed by atoms with Crippen LogP contribution in [-0.2, 0) is 6.54 Å². The van der Waals surface area contributed by atoms with E-state index in [-0.39, 0.29) is 11.7 Å². The van der Waals surface area contributed by atoms with Crippen molar-refractivity contribution in [3.63, 3.8) is 0 Å². The molecule has 0 aliphatic carbocycles. The van der Waals surface area contributed by atoms with Crippen molar-refractivity contribution in [2.45, 2.75) is 13.2 Å². The summed E-state index contributed by atoms with van der Waals surface area (Å²) < 4.78 is 28.2. The van der Waals surface area contributed by atoms with Crippen LogP contribution in [0.3, 0.4) is 0 Å². The van der Waals surface area contributed by atoms with Crippen LogP contribution in [0.5, 0.6) is 5.75 Å². The molecular weight excluding hydrogens is 266 g/mol. The highest BCUT2D eigenvalue weighted by atomic mass is 19.3. The Labute approximate surface area is 114 Å². The summed E-state index contributed by atoms with van der Waals surface area (Å²) in [6.07, 6.45) is 3.05. The normalized spacial score (nSPS) is 10.3. The van der Waals surface area contributed by atoms with Gasteiger partial charge in [0.2, 0.25) is 0 Å². The van der Waals surface area contributed by atoms with E-state index in [9.17, 15) is 13.6 Å². The van der Waals surface area contributed by atoms with Gasteiger partial charge in [-0.15, -0.1) is 0 Å². The minimum absolute atomic E-state index is 0.0855. The number of alkyl halides is 2. The maximum absolute atomic E-state index is 12.0. The third kappa shape index (κ3) is 4.01. The maximum Gasteiger partial charge on any atom is 0.387 e. The molecule has 20 heavy (non-hydrogen) atoms. The first kappa shape index (κ1) is 13.9. The van der Waals surface area contributed by atoms with Crippen molar-refractivity contribution in [2.75, 3.05) is 0 Å². The van der Waals surface area contributed by atoms with E-state index in [0.717, 1.165) is 5.56 Å². The highest BCUT2D eigenvalue weighted by Gasteiger charge is 2.06.